The van der Waals surface area contributed by atoms with Gasteiger partial charge in [-0.05, 0) is 62.2 Å². The van der Waals surface area contributed by atoms with Gasteiger partial charge in [0.2, 0.25) is 17.6 Å². The van der Waals surface area contributed by atoms with Gasteiger partial charge < -0.3 is 4.74 Å². The number of carbonyl (C=O) groups is 4. The number of pyridine rings is 1. The molecule has 1 saturated heterocycles. The van der Waals surface area contributed by atoms with Crippen LogP contribution in [-0.2, 0) is 14.3 Å². The summed E-state index contributed by atoms with van der Waals surface area (Å²) in [7, 11) is 0. The highest BCUT2D eigenvalue weighted by atomic mass is 35.5. The van der Waals surface area contributed by atoms with Crippen LogP contribution in [0.2, 0.25) is 5.02 Å². The minimum absolute atomic E-state index is 0.0180. The SMILES string of the molecule is Cc1ccc2nc(-c3ccc(N4C(=O)C5CC=CCC5C4=O)cc3)cc(C(=O)OCC(=O)c3ccc(Cl)c([N+](=O)[O-])c3)c2c1. The van der Waals surface area contributed by atoms with Crippen LogP contribution in [0.4, 0.5) is 11.4 Å². The van der Waals surface area contributed by atoms with Crippen LogP contribution >= 0.6 is 11.6 Å². The molecule has 0 radical (unpaired) electrons. The Kier molecular flexibility index (Phi) is 7.52. The van der Waals surface area contributed by atoms with E-state index in [0.29, 0.717) is 40.7 Å². The summed E-state index contributed by atoms with van der Waals surface area (Å²) in [5, 5.41) is 11.6. The smallest absolute Gasteiger partial charge is 0.339 e. The number of ether oxygens (including phenoxy) is 1. The van der Waals surface area contributed by atoms with Gasteiger partial charge in [0, 0.05) is 22.6 Å². The lowest BCUT2D eigenvalue weighted by Gasteiger charge is -2.15. The van der Waals surface area contributed by atoms with Gasteiger partial charge in [-0.15, -0.1) is 0 Å². The third kappa shape index (κ3) is 5.24. The number of rotatable bonds is 7. The molecule has 3 aromatic carbocycles. The maximum Gasteiger partial charge on any atom is 0.339 e. The van der Waals surface area contributed by atoms with Crippen molar-refractivity contribution >= 4 is 57.4 Å². The summed E-state index contributed by atoms with van der Waals surface area (Å²) in [6, 6.07) is 17.4. The molecular weight excluding hydrogens is 586 g/mol. The standard InChI is InChI=1S/C33H24ClN3O7/c1-18-6-13-27-24(14-18)25(33(41)44-17-30(38)20-9-12-26(34)29(15-20)37(42)43)16-28(35-27)19-7-10-21(11-8-19)36-31(39)22-4-2-3-5-23(22)32(36)40/h2-3,6-16,22-23H,4-5,17H2,1H3. The Morgan fingerprint density at radius 3 is 2.32 bits per heavy atom. The summed E-state index contributed by atoms with van der Waals surface area (Å²) >= 11 is 5.84. The van der Waals surface area contributed by atoms with Crippen LogP contribution in [-0.4, -0.2) is 40.1 Å². The number of amides is 2. The number of Topliss-reactive ketones (excluding diaryl/α,β-unsaturated/α-hetero) is 1. The fourth-order valence-electron chi connectivity index (χ4n) is 5.61. The van der Waals surface area contributed by atoms with Crippen LogP contribution in [0.25, 0.3) is 22.2 Å². The molecule has 1 aliphatic carbocycles. The van der Waals surface area contributed by atoms with Crippen LogP contribution in [0.5, 0.6) is 0 Å². The maximum atomic E-state index is 13.3. The third-order valence-electron chi connectivity index (χ3n) is 7.91. The molecule has 2 amide bonds. The number of anilines is 1. The second-order valence-corrected chi connectivity index (χ2v) is 11.1. The van der Waals surface area contributed by atoms with Gasteiger partial charge in [-0.25, -0.2) is 9.78 Å². The number of aryl methyl sites for hydroxylation is 1. The van der Waals surface area contributed by atoms with E-state index in [-0.39, 0.29) is 39.8 Å². The number of nitro groups is 1. The number of halogens is 1. The van der Waals surface area contributed by atoms with Crippen molar-refractivity contribution in [2.75, 3.05) is 11.5 Å². The minimum Gasteiger partial charge on any atom is -0.454 e. The number of fused-ring (bicyclic) bond motifs is 2. The highest BCUT2D eigenvalue weighted by molar-refractivity contribution is 6.32. The molecule has 220 valence electrons. The Balaban J connectivity index is 1.27. The van der Waals surface area contributed by atoms with Gasteiger partial charge in [0.15, 0.2) is 6.61 Å². The molecule has 10 nitrogen and oxygen atoms in total. The Bertz CT molecular complexity index is 1890. The van der Waals surface area contributed by atoms with E-state index in [4.69, 9.17) is 21.3 Å². The van der Waals surface area contributed by atoms with Crippen LogP contribution in [0.1, 0.15) is 39.1 Å². The van der Waals surface area contributed by atoms with E-state index < -0.39 is 29.0 Å². The number of aromatic nitrogens is 1. The van der Waals surface area contributed by atoms with Crippen molar-refractivity contribution in [3.8, 4) is 11.3 Å². The predicted octanol–water partition coefficient (Wildman–Crippen LogP) is 6.27. The normalized spacial score (nSPS) is 17.5. The second-order valence-electron chi connectivity index (χ2n) is 10.7. The van der Waals surface area contributed by atoms with Crippen LogP contribution in [0.15, 0.2) is 78.9 Å². The number of esters is 1. The molecule has 1 fully saturated rings. The fraction of sp³-hybridized carbons (Fsp3) is 0.182. The molecule has 4 aromatic rings. The Labute approximate surface area is 256 Å². The molecule has 11 heteroatoms. The number of hydrogen-bond acceptors (Lipinski definition) is 8. The number of nitro benzene ring substituents is 1. The first-order chi connectivity index (χ1) is 21.1. The molecule has 2 unspecified atom stereocenters. The van der Waals surface area contributed by atoms with Gasteiger partial charge in [0.1, 0.15) is 5.02 Å². The van der Waals surface area contributed by atoms with E-state index in [1.54, 1.807) is 42.5 Å². The van der Waals surface area contributed by atoms with Gasteiger partial charge in [-0.3, -0.25) is 29.4 Å². The maximum absolute atomic E-state index is 13.3. The number of allylic oxidation sites excluding steroid dienone is 2. The highest BCUT2D eigenvalue weighted by Gasteiger charge is 2.47. The monoisotopic (exact) mass is 609 g/mol. The number of nitrogens with zero attached hydrogens (tertiary/aromatic N) is 3. The summed E-state index contributed by atoms with van der Waals surface area (Å²) in [5.74, 6) is -2.50. The molecular formula is C33H24ClN3O7. The number of hydrogen-bond donors (Lipinski definition) is 0. The summed E-state index contributed by atoms with van der Waals surface area (Å²) in [6.07, 6.45) is 4.98. The van der Waals surface area contributed by atoms with Crippen molar-refractivity contribution in [3.05, 3.63) is 111 Å². The average Bonchev–Trinajstić information content (AvgIpc) is 3.28. The molecule has 1 aliphatic heterocycles. The lowest BCUT2D eigenvalue weighted by molar-refractivity contribution is -0.384. The van der Waals surface area contributed by atoms with Gasteiger partial charge in [-0.2, -0.15) is 0 Å². The molecule has 0 N–H and O–H groups in total. The van der Waals surface area contributed by atoms with Gasteiger partial charge in [0.25, 0.3) is 5.69 Å². The molecule has 0 spiro atoms. The summed E-state index contributed by atoms with van der Waals surface area (Å²) in [4.78, 5) is 68.5. The minimum atomic E-state index is -0.776. The summed E-state index contributed by atoms with van der Waals surface area (Å²) in [6.45, 7) is 1.22. The molecule has 44 heavy (non-hydrogen) atoms. The Hall–Kier alpha value is -5.22. The van der Waals surface area contributed by atoms with E-state index in [2.05, 4.69) is 0 Å². The largest absolute Gasteiger partial charge is 0.454 e. The lowest BCUT2D eigenvalue weighted by Crippen LogP contribution is -2.30. The molecule has 2 heterocycles. The van der Waals surface area contributed by atoms with Crippen molar-refractivity contribution in [2.24, 2.45) is 11.8 Å². The Morgan fingerprint density at radius 2 is 1.66 bits per heavy atom. The third-order valence-corrected chi connectivity index (χ3v) is 8.23. The van der Waals surface area contributed by atoms with Gasteiger partial charge in [-0.1, -0.05) is 47.5 Å². The zero-order chi connectivity index (χ0) is 31.1. The first-order valence-electron chi connectivity index (χ1n) is 13.8. The van der Waals surface area contributed by atoms with Gasteiger partial charge >= 0.3 is 5.97 Å². The highest BCUT2D eigenvalue weighted by Crippen LogP contribution is 2.38. The number of imide groups is 1. The summed E-state index contributed by atoms with van der Waals surface area (Å²) < 4.78 is 5.36. The summed E-state index contributed by atoms with van der Waals surface area (Å²) in [5.41, 5.74) is 2.67. The number of ketones is 1. The zero-order valence-electron chi connectivity index (χ0n) is 23.4. The van der Waals surface area contributed by atoms with Crippen LogP contribution < -0.4 is 4.90 Å². The van der Waals surface area contributed by atoms with Crippen molar-refractivity contribution in [1.82, 2.24) is 4.98 Å². The fourth-order valence-corrected chi connectivity index (χ4v) is 5.80. The Morgan fingerprint density at radius 1 is 0.977 bits per heavy atom. The first-order valence-corrected chi connectivity index (χ1v) is 14.2. The number of benzene rings is 3. The molecule has 1 aromatic heterocycles. The van der Waals surface area contributed by atoms with Crippen molar-refractivity contribution < 1.29 is 28.8 Å². The van der Waals surface area contributed by atoms with E-state index in [1.807, 2.05) is 25.1 Å². The van der Waals surface area contributed by atoms with Crippen molar-refractivity contribution in [3.63, 3.8) is 0 Å². The van der Waals surface area contributed by atoms with Crippen LogP contribution in [0, 0.1) is 28.9 Å². The van der Waals surface area contributed by atoms with Gasteiger partial charge in [0.05, 0.1) is 39.2 Å². The molecule has 0 saturated carbocycles. The lowest BCUT2D eigenvalue weighted by atomic mass is 9.85. The van der Waals surface area contributed by atoms with Crippen molar-refractivity contribution in [2.45, 2.75) is 19.8 Å². The molecule has 6 rings (SSSR count). The second kappa shape index (κ2) is 11.5. The first kappa shape index (κ1) is 28.9. The molecule has 2 aliphatic rings. The predicted molar refractivity (Wildman–Crippen MR) is 162 cm³/mol. The van der Waals surface area contributed by atoms with Crippen LogP contribution in [0.3, 0.4) is 0 Å². The quantitative estimate of drug-likeness (QED) is 0.0597. The topological polar surface area (TPSA) is 137 Å². The average molecular weight is 610 g/mol. The van der Waals surface area contributed by atoms with E-state index in [9.17, 15) is 29.3 Å². The molecule has 0 bridgehead atoms. The molecule has 2 atom stereocenters. The zero-order valence-corrected chi connectivity index (χ0v) is 24.1. The van der Waals surface area contributed by atoms with E-state index >= 15 is 0 Å². The van der Waals surface area contributed by atoms with E-state index in [1.165, 1.54) is 17.0 Å². The number of carbonyl (C=O) groups excluding carboxylic acids is 4. The van der Waals surface area contributed by atoms with Crippen molar-refractivity contribution in [1.29, 1.82) is 0 Å². The van der Waals surface area contributed by atoms with E-state index in [0.717, 1.165) is 11.6 Å².